The number of nitrogen functional groups attached to an aromatic ring is 1. The maximum Gasteiger partial charge on any atom is 0.159 e. The molecule has 0 radical (unpaired) electrons. The van der Waals surface area contributed by atoms with Crippen molar-refractivity contribution in [2.45, 2.75) is 40.5 Å². The lowest BCUT2D eigenvalue weighted by atomic mass is 9.93. The fourth-order valence-electron chi connectivity index (χ4n) is 4.86. The molecule has 0 saturated carbocycles. The minimum Gasteiger partial charge on any atom is -0.389 e. The third-order valence-electron chi connectivity index (χ3n) is 6.61. The molecule has 0 unspecified atom stereocenters. The van der Waals surface area contributed by atoms with Crippen LogP contribution in [0.4, 0.5) is 13.8 Å². The van der Waals surface area contributed by atoms with Crippen molar-refractivity contribution in [1.29, 1.82) is 5.26 Å². The van der Waals surface area contributed by atoms with Gasteiger partial charge in [0.05, 0.1) is 41.1 Å². The molecular weight excluding hydrogens is 520 g/mol. The predicted molar refractivity (Wildman–Crippen MR) is 149 cm³/mol. The monoisotopic (exact) mass is 547 g/mol. The van der Waals surface area contributed by atoms with Crippen molar-refractivity contribution >= 4 is 44.0 Å². The number of nitrogens with zero attached hydrogens (tertiary/aromatic N) is 6. The third-order valence-corrected chi connectivity index (χ3v) is 7.63. The van der Waals surface area contributed by atoms with Gasteiger partial charge in [-0.1, -0.05) is 5.57 Å². The van der Waals surface area contributed by atoms with Crippen molar-refractivity contribution < 1.29 is 13.5 Å². The zero-order valence-electron chi connectivity index (χ0n) is 22.3. The maximum absolute atomic E-state index is 16.6. The second kappa shape index (κ2) is 10.3. The number of aliphatic imine (C=N–C) groups is 1. The van der Waals surface area contributed by atoms with Gasteiger partial charge < -0.3 is 15.4 Å². The second-order valence-corrected chi connectivity index (χ2v) is 10.9. The van der Waals surface area contributed by atoms with Crippen LogP contribution in [0, 0.1) is 23.0 Å². The average molecular weight is 548 g/mol. The lowest BCUT2D eigenvalue weighted by molar-refractivity contribution is 0.134. The van der Waals surface area contributed by atoms with E-state index in [0.717, 1.165) is 34.4 Å². The molecule has 4 heterocycles. The highest BCUT2D eigenvalue weighted by Crippen LogP contribution is 2.41. The molecule has 0 aliphatic carbocycles. The summed E-state index contributed by atoms with van der Waals surface area (Å²) in [5.41, 5.74) is 9.49. The first kappa shape index (κ1) is 26.6. The van der Waals surface area contributed by atoms with Crippen molar-refractivity contribution in [3.63, 3.8) is 0 Å². The van der Waals surface area contributed by atoms with Gasteiger partial charge in [-0.2, -0.15) is 5.26 Å². The molecule has 39 heavy (non-hydrogen) atoms. The van der Waals surface area contributed by atoms with Crippen LogP contribution < -0.4 is 16.2 Å². The first-order valence-electron chi connectivity index (χ1n) is 12.2. The van der Waals surface area contributed by atoms with Crippen molar-refractivity contribution in [2.24, 2.45) is 4.99 Å². The Bertz CT molecular complexity index is 1830. The second-order valence-electron chi connectivity index (χ2n) is 9.86. The van der Waals surface area contributed by atoms with Gasteiger partial charge >= 0.3 is 0 Å². The summed E-state index contributed by atoms with van der Waals surface area (Å²) in [6.07, 6.45) is 6.31. The van der Waals surface area contributed by atoms with Crippen molar-refractivity contribution in [3.05, 3.63) is 63.2 Å². The number of aromatic nitrogens is 3. The lowest BCUT2D eigenvalue weighted by Gasteiger charge is -2.13. The number of hydrogen-bond acceptors (Lipinski definition) is 8. The molecule has 0 fully saturated rings. The summed E-state index contributed by atoms with van der Waals surface area (Å²) in [5, 5.41) is 11.1. The summed E-state index contributed by atoms with van der Waals surface area (Å²) in [7, 11) is 3.95. The molecule has 0 amide bonds. The molecule has 1 aliphatic heterocycles. The largest absolute Gasteiger partial charge is 0.389 e. The SMILES string of the molecule is CC(=N/C=c1/c2c(c(-c3ncc(F)c4sc(N)c(C#N)c34)c(F)c1=C(C)C)COC2)n1cnc(CN(C)C)c1. The quantitative estimate of drug-likeness (QED) is 0.307. The Morgan fingerprint density at radius 1 is 1.26 bits per heavy atom. The number of rotatable bonds is 4. The van der Waals surface area contributed by atoms with Crippen molar-refractivity contribution in [3.8, 4) is 17.3 Å². The van der Waals surface area contributed by atoms with Crippen LogP contribution in [0.15, 0.2) is 23.7 Å². The number of nitriles is 1. The first-order chi connectivity index (χ1) is 18.6. The zero-order valence-corrected chi connectivity index (χ0v) is 23.1. The van der Waals surface area contributed by atoms with Crippen molar-refractivity contribution in [1.82, 2.24) is 19.4 Å². The summed E-state index contributed by atoms with van der Waals surface area (Å²) in [5.74, 6) is -0.469. The number of hydrogen-bond donors (Lipinski definition) is 1. The fraction of sp³-hybridized carbons (Fsp3) is 0.286. The van der Waals surface area contributed by atoms with E-state index in [9.17, 15) is 9.65 Å². The molecule has 5 rings (SSSR count). The highest BCUT2D eigenvalue weighted by molar-refractivity contribution is 7.23. The minimum atomic E-state index is -0.610. The van der Waals surface area contributed by atoms with Crippen LogP contribution in [-0.4, -0.2) is 39.4 Å². The van der Waals surface area contributed by atoms with Crippen LogP contribution in [0.2, 0.25) is 0 Å². The zero-order chi connectivity index (χ0) is 28.0. The summed E-state index contributed by atoms with van der Waals surface area (Å²) in [4.78, 5) is 15.4. The Labute approximate surface area is 228 Å². The summed E-state index contributed by atoms with van der Waals surface area (Å²) in [6.45, 7) is 6.58. The number of anilines is 1. The molecule has 0 bridgehead atoms. The molecular formula is C28H27F2N7OS. The maximum atomic E-state index is 16.6. The van der Waals surface area contributed by atoms with E-state index in [1.54, 1.807) is 12.5 Å². The molecule has 1 aromatic carbocycles. The number of pyridine rings is 1. The van der Waals surface area contributed by atoms with E-state index in [2.05, 4.69) is 15.0 Å². The molecule has 3 aromatic heterocycles. The minimum absolute atomic E-state index is 0.0904. The number of imidazole rings is 1. The number of ether oxygens (including phenoxy) is 1. The Balaban J connectivity index is 1.77. The van der Waals surface area contributed by atoms with Crippen LogP contribution in [0.25, 0.3) is 33.1 Å². The summed E-state index contributed by atoms with van der Waals surface area (Å²) >= 11 is 0.953. The fourth-order valence-corrected chi connectivity index (χ4v) is 5.78. The molecule has 0 atom stereocenters. The highest BCUT2D eigenvalue weighted by Gasteiger charge is 2.28. The van der Waals surface area contributed by atoms with E-state index in [0.29, 0.717) is 28.4 Å². The van der Waals surface area contributed by atoms with E-state index >= 15 is 4.39 Å². The van der Waals surface area contributed by atoms with E-state index in [-0.39, 0.29) is 45.1 Å². The molecule has 0 saturated heterocycles. The molecule has 200 valence electrons. The van der Waals surface area contributed by atoms with Crippen molar-refractivity contribution in [2.75, 3.05) is 19.8 Å². The molecule has 4 aromatic rings. The number of nitrogens with two attached hydrogens (primary N) is 1. The topological polar surface area (TPSA) is 105 Å². The van der Waals surface area contributed by atoms with Crippen LogP contribution in [0.3, 0.4) is 0 Å². The van der Waals surface area contributed by atoms with Crippen LogP contribution in [-0.2, 0) is 24.5 Å². The van der Waals surface area contributed by atoms with Gasteiger partial charge in [0.25, 0.3) is 0 Å². The standard InChI is InChI=1S/C28H27F2N7OS/c1-14(2)22-18(7-33-15(3)37-10-16(35-13-37)9-36(4)5)19-11-38-12-20(19)23(25(22)30)26-24-17(6-31)28(32)39-27(24)21(29)8-34-26/h7-8,10,13H,9,11-12,32H2,1-5H3/b18-7-,33-15?. The third kappa shape index (κ3) is 4.61. The molecule has 2 N–H and O–H groups in total. The van der Waals surface area contributed by atoms with Gasteiger partial charge in [-0.25, -0.2) is 18.8 Å². The Hall–Kier alpha value is -3.98. The smallest absolute Gasteiger partial charge is 0.159 e. The van der Waals surface area contributed by atoms with Gasteiger partial charge in [-0.15, -0.1) is 11.3 Å². The number of benzene rings is 1. The van der Waals surface area contributed by atoms with Gasteiger partial charge in [0.2, 0.25) is 0 Å². The molecule has 0 spiro atoms. The highest BCUT2D eigenvalue weighted by atomic mass is 32.1. The Morgan fingerprint density at radius 2 is 2.00 bits per heavy atom. The predicted octanol–water partition coefficient (Wildman–Crippen LogP) is 3.88. The van der Waals surface area contributed by atoms with E-state index in [1.165, 1.54) is 0 Å². The van der Waals surface area contributed by atoms with Crippen LogP contribution >= 0.6 is 11.3 Å². The molecule has 11 heteroatoms. The van der Waals surface area contributed by atoms with Gasteiger partial charge in [-0.05, 0) is 46.0 Å². The van der Waals surface area contributed by atoms with Crippen LogP contribution in [0.5, 0.6) is 0 Å². The Kier molecular flexibility index (Phi) is 7.03. The number of fused-ring (bicyclic) bond motifs is 2. The van der Waals surface area contributed by atoms with Gasteiger partial charge in [0.15, 0.2) is 5.82 Å². The van der Waals surface area contributed by atoms with E-state index < -0.39 is 11.6 Å². The molecule has 8 nitrogen and oxygen atoms in total. The lowest BCUT2D eigenvalue weighted by Crippen LogP contribution is -2.34. The Morgan fingerprint density at radius 3 is 2.69 bits per heavy atom. The number of halogens is 2. The summed E-state index contributed by atoms with van der Waals surface area (Å²) < 4.78 is 39.0. The van der Waals surface area contributed by atoms with Gasteiger partial charge in [-0.3, -0.25) is 9.55 Å². The van der Waals surface area contributed by atoms with E-state index in [4.69, 9.17) is 10.5 Å². The van der Waals surface area contributed by atoms with Gasteiger partial charge in [0.1, 0.15) is 29.1 Å². The van der Waals surface area contributed by atoms with E-state index in [1.807, 2.05) is 56.6 Å². The number of thiophene rings is 1. The van der Waals surface area contributed by atoms with Crippen LogP contribution in [0.1, 0.15) is 43.2 Å². The molecule has 1 aliphatic rings. The average Bonchev–Trinajstić information content (AvgIpc) is 3.61. The summed E-state index contributed by atoms with van der Waals surface area (Å²) in [6, 6.07) is 2.04. The first-order valence-corrected chi connectivity index (χ1v) is 13.0. The van der Waals surface area contributed by atoms with Gasteiger partial charge in [0, 0.05) is 40.3 Å². The normalized spacial score (nSPS) is 13.9.